The first kappa shape index (κ1) is 18.7. The minimum atomic E-state index is 0.744. The fourth-order valence-electron chi connectivity index (χ4n) is 1.95. The lowest BCUT2D eigenvalue weighted by molar-refractivity contribution is 0.317. The van der Waals surface area contributed by atoms with Crippen molar-refractivity contribution in [3.63, 3.8) is 0 Å². The van der Waals surface area contributed by atoms with Crippen molar-refractivity contribution in [3.8, 4) is 5.75 Å². The fourth-order valence-corrected chi connectivity index (χ4v) is 2.44. The summed E-state index contributed by atoms with van der Waals surface area (Å²) in [6.07, 6.45) is 5.58. The summed E-state index contributed by atoms with van der Waals surface area (Å²) in [5.41, 5.74) is 1.19. The first-order valence-electron chi connectivity index (χ1n) is 7.95. The second-order valence-electron chi connectivity index (χ2n) is 5.05. The zero-order valence-corrected chi connectivity index (χ0v) is 14.8. The van der Waals surface area contributed by atoms with E-state index in [1.807, 2.05) is 23.9 Å². The van der Waals surface area contributed by atoms with Crippen molar-refractivity contribution in [2.45, 2.75) is 32.7 Å². The van der Waals surface area contributed by atoms with E-state index in [4.69, 9.17) is 4.74 Å². The van der Waals surface area contributed by atoms with Crippen LogP contribution in [0.15, 0.2) is 29.3 Å². The van der Waals surface area contributed by atoms with Crippen LogP contribution in [0.4, 0.5) is 0 Å². The molecule has 0 aliphatic heterocycles. The number of aliphatic imine (C=N–C) groups is 1. The second kappa shape index (κ2) is 12.2. The van der Waals surface area contributed by atoms with Crippen LogP contribution in [-0.4, -0.2) is 38.2 Å². The Balaban J connectivity index is 2.33. The summed E-state index contributed by atoms with van der Waals surface area (Å²) in [6.45, 7) is 4.57. The van der Waals surface area contributed by atoms with Gasteiger partial charge in [-0.25, -0.2) is 0 Å². The van der Waals surface area contributed by atoms with Crippen LogP contribution in [0, 0.1) is 0 Å². The highest BCUT2D eigenvalue weighted by molar-refractivity contribution is 7.98. The zero-order chi connectivity index (χ0) is 16.0. The topological polar surface area (TPSA) is 45.6 Å². The Hall–Kier alpha value is -1.36. The van der Waals surface area contributed by atoms with E-state index < -0.39 is 0 Å². The largest absolute Gasteiger partial charge is 0.494 e. The molecule has 0 aromatic heterocycles. The van der Waals surface area contributed by atoms with Gasteiger partial charge in [0.05, 0.1) is 6.61 Å². The Morgan fingerprint density at radius 3 is 2.86 bits per heavy atom. The molecular weight excluding hydrogens is 294 g/mol. The van der Waals surface area contributed by atoms with Crippen molar-refractivity contribution in [2.75, 3.05) is 32.2 Å². The molecule has 1 aromatic carbocycles. The number of hydrogen-bond acceptors (Lipinski definition) is 3. The van der Waals surface area contributed by atoms with Gasteiger partial charge in [0.2, 0.25) is 0 Å². The molecule has 124 valence electrons. The Labute approximate surface area is 139 Å². The second-order valence-corrected chi connectivity index (χ2v) is 6.03. The van der Waals surface area contributed by atoms with Gasteiger partial charge in [0, 0.05) is 20.1 Å². The van der Waals surface area contributed by atoms with E-state index in [-0.39, 0.29) is 0 Å². The molecule has 1 rings (SSSR count). The first-order chi connectivity index (χ1) is 10.8. The lowest BCUT2D eigenvalue weighted by Crippen LogP contribution is -2.37. The Morgan fingerprint density at radius 1 is 1.27 bits per heavy atom. The van der Waals surface area contributed by atoms with Gasteiger partial charge in [-0.15, -0.1) is 0 Å². The Kier molecular flexibility index (Phi) is 10.4. The summed E-state index contributed by atoms with van der Waals surface area (Å²) in [5.74, 6) is 3.00. The average molecular weight is 324 g/mol. The lowest BCUT2D eigenvalue weighted by atomic mass is 10.2. The van der Waals surface area contributed by atoms with Crippen molar-refractivity contribution >= 4 is 17.7 Å². The first-order valence-corrected chi connectivity index (χ1v) is 9.34. The molecule has 5 heteroatoms. The molecule has 0 saturated heterocycles. The molecule has 22 heavy (non-hydrogen) atoms. The van der Waals surface area contributed by atoms with Crippen LogP contribution in [0.5, 0.6) is 5.75 Å². The molecule has 0 unspecified atom stereocenters. The van der Waals surface area contributed by atoms with E-state index in [0.717, 1.165) is 37.8 Å². The summed E-state index contributed by atoms with van der Waals surface area (Å²) in [7, 11) is 1.80. The van der Waals surface area contributed by atoms with Crippen molar-refractivity contribution < 1.29 is 4.74 Å². The average Bonchev–Trinajstić information content (AvgIpc) is 2.56. The molecule has 0 aliphatic carbocycles. The number of nitrogens with zero attached hydrogens (tertiary/aromatic N) is 1. The predicted molar refractivity (Wildman–Crippen MR) is 98.0 cm³/mol. The van der Waals surface area contributed by atoms with Gasteiger partial charge in [0.1, 0.15) is 5.75 Å². The molecule has 0 heterocycles. The van der Waals surface area contributed by atoms with Crippen LogP contribution < -0.4 is 15.4 Å². The highest BCUT2D eigenvalue weighted by Crippen LogP contribution is 2.13. The van der Waals surface area contributed by atoms with Gasteiger partial charge < -0.3 is 15.4 Å². The van der Waals surface area contributed by atoms with Gasteiger partial charge in [-0.3, -0.25) is 4.99 Å². The molecule has 0 bridgehead atoms. The van der Waals surface area contributed by atoms with Crippen LogP contribution in [0.25, 0.3) is 0 Å². The number of nitrogens with one attached hydrogen (secondary N) is 2. The summed E-state index contributed by atoms with van der Waals surface area (Å²) < 4.78 is 5.66. The van der Waals surface area contributed by atoms with E-state index in [2.05, 4.69) is 40.9 Å². The molecule has 0 aliphatic rings. The fraction of sp³-hybridized carbons (Fsp3) is 0.588. The number of unbranched alkanes of at least 4 members (excludes halogenated alkanes) is 1. The minimum absolute atomic E-state index is 0.744. The van der Waals surface area contributed by atoms with Gasteiger partial charge in [-0.1, -0.05) is 19.1 Å². The third-order valence-electron chi connectivity index (χ3n) is 3.12. The predicted octanol–water partition coefficient (Wildman–Crippen LogP) is 3.28. The maximum Gasteiger partial charge on any atom is 0.191 e. The summed E-state index contributed by atoms with van der Waals surface area (Å²) >= 11 is 1.90. The van der Waals surface area contributed by atoms with Crippen molar-refractivity contribution in [2.24, 2.45) is 4.99 Å². The van der Waals surface area contributed by atoms with Crippen LogP contribution in [0.1, 0.15) is 31.7 Å². The van der Waals surface area contributed by atoms with Gasteiger partial charge in [0.15, 0.2) is 5.96 Å². The number of hydrogen-bond donors (Lipinski definition) is 2. The number of benzene rings is 1. The van der Waals surface area contributed by atoms with Crippen LogP contribution >= 0.6 is 11.8 Å². The third kappa shape index (κ3) is 8.17. The van der Waals surface area contributed by atoms with E-state index in [9.17, 15) is 0 Å². The summed E-state index contributed by atoms with van der Waals surface area (Å²) in [5, 5.41) is 6.68. The monoisotopic (exact) mass is 323 g/mol. The molecule has 0 atom stereocenters. The summed E-state index contributed by atoms with van der Waals surface area (Å²) in [4.78, 5) is 4.25. The number of rotatable bonds is 10. The Morgan fingerprint density at radius 2 is 2.14 bits per heavy atom. The van der Waals surface area contributed by atoms with Crippen molar-refractivity contribution in [1.29, 1.82) is 0 Å². The Bertz CT molecular complexity index is 438. The smallest absolute Gasteiger partial charge is 0.191 e. The molecule has 2 N–H and O–H groups in total. The molecule has 0 radical (unpaired) electrons. The van der Waals surface area contributed by atoms with E-state index in [1.54, 1.807) is 7.05 Å². The number of ether oxygens (including phenoxy) is 1. The van der Waals surface area contributed by atoms with Gasteiger partial charge in [0.25, 0.3) is 0 Å². The molecule has 4 nitrogen and oxygen atoms in total. The quantitative estimate of drug-likeness (QED) is 0.394. The van der Waals surface area contributed by atoms with E-state index in [1.165, 1.54) is 24.2 Å². The minimum Gasteiger partial charge on any atom is -0.494 e. The van der Waals surface area contributed by atoms with E-state index >= 15 is 0 Å². The van der Waals surface area contributed by atoms with Crippen LogP contribution in [0.2, 0.25) is 0 Å². The molecular formula is C17H29N3OS. The summed E-state index contributed by atoms with van der Waals surface area (Å²) in [6, 6.07) is 8.20. The molecule has 0 saturated carbocycles. The highest BCUT2D eigenvalue weighted by atomic mass is 32.2. The lowest BCUT2D eigenvalue weighted by Gasteiger charge is -2.12. The zero-order valence-electron chi connectivity index (χ0n) is 14.0. The maximum atomic E-state index is 5.66. The highest BCUT2D eigenvalue weighted by Gasteiger charge is 2.00. The van der Waals surface area contributed by atoms with Crippen molar-refractivity contribution in [3.05, 3.63) is 29.8 Å². The van der Waals surface area contributed by atoms with Gasteiger partial charge >= 0.3 is 0 Å². The third-order valence-corrected chi connectivity index (χ3v) is 3.82. The normalized spacial score (nSPS) is 11.3. The van der Waals surface area contributed by atoms with Crippen LogP contribution in [0.3, 0.4) is 0 Å². The van der Waals surface area contributed by atoms with Crippen molar-refractivity contribution in [1.82, 2.24) is 10.6 Å². The SMILES string of the molecule is CCCOc1cccc(CNC(=NC)NCCCCSC)c1. The van der Waals surface area contributed by atoms with Gasteiger partial charge in [-0.05, 0) is 49.0 Å². The van der Waals surface area contributed by atoms with E-state index in [0.29, 0.717) is 0 Å². The standard InChI is InChI=1S/C17H29N3OS/c1-4-11-21-16-9-7-8-15(13-16)14-20-17(18-2)19-10-5-6-12-22-3/h7-9,13H,4-6,10-12,14H2,1-3H3,(H2,18,19,20). The van der Waals surface area contributed by atoms with Gasteiger partial charge in [-0.2, -0.15) is 11.8 Å². The molecule has 0 amide bonds. The number of thioether (sulfide) groups is 1. The maximum absolute atomic E-state index is 5.66. The van der Waals surface area contributed by atoms with Crippen LogP contribution in [-0.2, 0) is 6.54 Å². The molecule has 0 fully saturated rings. The molecule has 1 aromatic rings. The number of guanidine groups is 1. The molecule has 0 spiro atoms.